The van der Waals surface area contributed by atoms with Gasteiger partial charge < -0.3 is 14.4 Å². The van der Waals surface area contributed by atoms with Crippen molar-refractivity contribution in [3.63, 3.8) is 0 Å². The molecule has 1 unspecified atom stereocenters. The molecule has 4 rings (SSSR count). The monoisotopic (exact) mass is 428 g/mol. The summed E-state index contributed by atoms with van der Waals surface area (Å²) in [5, 5.41) is 0.110. The maximum Gasteiger partial charge on any atom is 0.255 e. The largest absolute Gasteiger partial charge is 0.347 e. The highest BCUT2D eigenvalue weighted by molar-refractivity contribution is 7.94. The SMILES string of the molecule is CC1CS(=O)(=O)N(c2ccc(C(=O)N3CCC4(CC3)OCCO4)c(Cl)c2)C1=O. The van der Waals surface area contributed by atoms with Gasteiger partial charge in [-0.25, -0.2) is 12.7 Å². The highest BCUT2D eigenvalue weighted by Gasteiger charge is 2.43. The van der Waals surface area contributed by atoms with E-state index in [2.05, 4.69) is 0 Å². The third-order valence-corrected chi connectivity index (χ3v) is 7.59. The van der Waals surface area contributed by atoms with Crippen LogP contribution in [0.15, 0.2) is 18.2 Å². The van der Waals surface area contributed by atoms with E-state index in [4.69, 9.17) is 21.1 Å². The van der Waals surface area contributed by atoms with Gasteiger partial charge in [-0.2, -0.15) is 0 Å². The van der Waals surface area contributed by atoms with Crippen LogP contribution in [0, 0.1) is 5.92 Å². The number of likely N-dealkylation sites (tertiary alicyclic amines) is 1. The van der Waals surface area contributed by atoms with Crippen LogP contribution in [-0.2, 0) is 24.3 Å². The van der Waals surface area contributed by atoms with Crippen molar-refractivity contribution in [3.8, 4) is 0 Å². The number of nitrogens with zero attached hydrogens (tertiary/aromatic N) is 2. The minimum atomic E-state index is -3.72. The first-order valence-corrected chi connectivity index (χ1v) is 11.1. The van der Waals surface area contributed by atoms with E-state index in [-0.39, 0.29) is 27.9 Å². The Morgan fingerprint density at radius 1 is 1.21 bits per heavy atom. The first-order valence-electron chi connectivity index (χ1n) is 9.16. The lowest BCUT2D eigenvalue weighted by Gasteiger charge is -2.37. The van der Waals surface area contributed by atoms with E-state index in [0.29, 0.717) is 39.1 Å². The Balaban J connectivity index is 1.52. The summed E-state index contributed by atoms with van der Waals surface area (Å²) in [6.07, 6.45) is 1.18. The highest BCUT2D eigenvalue weighted by atomic mass is 35.5. The number of sulfonamides is 1. The topological polar surface area (TPSA) is 93.2 Å². The van der Waals surface area contributed by atoms with Gasteiger partial charge in [0, 0.05) is 25.9 Å². The molecule has 152 valence electrons. The Kier molecular flexibility index (Phi) is 4.89. The summed E-state index contributed by atoms with van der Waals surface area (Å²) in [6.45, 7) is 3.66. The fourth-order valence-electron chi connectivity index (χ4n) is 3.90. The minimum Gasteiger partial charge on any atom is -0.347 e. The fourth-order valence-corrected chi connectivity index (χ4v) is 5.97. The predicted octanol–water partition coefficient (Wildman–Crippen LogP) is 1.63. The summed E-state index contributed by atoms with van der Waals surface area (Å²) < 4.78 is 36.6. The van der Waals surface area contributed by atoms with Crippen LogP contribution in [0.25, 0.3) is 0 Å². The molecule has 1 aromatic carbocycles. The Morgan fingerprint density at radius 3 is 2.39 bits per heavy atom. The Bertz CT molecular complexity index is 918. The van der Waals surface area contributed by atoms with Crippen molar-refractivity contribution >= 4 is 39.1 Å². The van der Waals surface area contributed by atoms with E-state index >= 15 is 0 Å². The van der Waals surface area contributed by atoms with Crippen molar-refractivity contribution in [1.29, 1.82) is 0 Å². The second-order valence-electron chi connectivity index (χ2n) is 7.35. The smallest absolute Gasteiger partial charge is 0.255 e. The Morgan fingerprint density at radius 2 is 1.86 bits per heavy atom. The van der Waals surface area contributed by atoms with Crippen LogP contribution >= 0.6 is 11.6 Å². The van der Waals surface area contributed by atoms with E-state index in [1.807, 2.05) is 0 Å². The summed E-state index contributed by atoms with van der Waals surface area (Å²) in [5.41, 5.74) is 0.424. The molecule has 1 atom stereocenters. The fraction of sp³-hybridized carbons (Fsp3) is 0.556. The number of ether oxygens (including phenoxy) is 2. The van der Waals surface area contributed by atoms with Crippen LogP contribution in [0.2, 0.25) is 5.02 Å². The second kappa shape index (κ2) is 6.98. The quantitative estimate of drug-likeness (QED) is 0.710. The molecular weight excluding hydrogens is 408 g/mol. The maximum absolute atomic E-state index is 12.9. The lowest BCUT2D eigenvalue weighted by molar-refractivity contribution is -0.181. The van der Waals surface area contributed by atoms with E-state index in [9.17, 15) is 18.0 Å². The van der Waals surface area contributed by atoms with Crippen molar-refractivity contribution in [2.75, 3.05) is 36.4 Å². The number of halogens is 1. The van der Waals surface area contributed by atoms with Crippen LogP contribution in [-0.4, -0.2) is 63.0 Å². The number of piperidine rings is 1. The van der Waals surface area contributed by atoms with E-state index in [1.165, 1.54) is 18.2 Å². The van der Waals surface area contributed by atoms with Crippen LogP contribution in [0.1, 0.15) is 30.1 Å². The molecule has 3 fully saturated rings. The number of hydrogen-bond acceptors (Lipinski definition) is 6. The molecule has 28 heavy (non-hydrogen) atoms. The van der Waals surface area contributed by atoms with Gasteiger partial charge in [-0.1, -0.05) is 18.5 Å². The lowest BCUT2D eigenvalue weighted by Crippen LogP contribution is -2.47. The molecule has 3 aliphatic heterocycles. The zero-order chi connectivity index (χ0) is 20.1. The molecule has 3 saturated heterocycles. The lowest BCUT2D eigenvalue weighted by atomic mass is 10.0. The normalized spacial score (nSPS) is 26.2. The third kappa shape index (κ3) is 3.30. The van der Waals surface area contributed by atoms with Crippen molar-refractivity contribution in [2.45, 2.75) is 25.6 Å². The molecule has 0 saturated carbocycles. The van der Waals surface area contributed by atoms with Crippen molar-refractivity contribution in [2.24, 2.45) is 5.92 Å². The standard InChI is InChI=1S/C18H21ClN2O6S/c1-12-11-28(24,25)21(16(12)22)13-2-3-14(15(19)10-13)17(23)20-6-4-18(5-7-20)26-8-9-27-18/h2-3,10,12H,4-9,11H2,1H3. The average Bonchev–Trinajstić information content (AvgIpc) is 3.17. The molecule has 0 bridgehead atoms. The molecule has 0 radical (unpaired) electrons. The zero-order valence-corrected chi connectivity index (χ0v) is 17.0. The number of benzene rings is 1. The van der Waals surface area contributed by atoms with E-state index in [1.54, 1.807) is 11.8 Å². The second-order valence-corrected chi connectivity index (χ2v) is 9.62. The number of anilines is 1. The number of amides is 2. The highest BCUT2D eigenvalue weighted by Crippen LogP contribution is 2.34. The third-order valence-electron chi connectivity index (χ3n) is 5.40. The Labute approximate surface area is 168 Å². The summed E-state index contributed by atoms with van der Waals surface area (Å²) in [5.74, 6) is -2.15. The molecule has 0 aromatic heterocycles. The van der Waals surface area contributed by atoms with Crippen LogP contribution in [0.3, 0.4) is 0 Å². The molecule has 3 heterocycles. The van der Waals surface area contributed by atoms with Crippen LogP contribution in [0.4, 0.5) is 5.69 Å². The number of hydrogen-bond donors (Lipinski definition) is 0. The van der Waals surface area contributed by atoms with Crippen molar-refractivity contribution < 1.29 is 27.5 Å². The summed E-state index contributed by atoms with van der Waals surface area (Å²) in [6, 6.07) is 4.27. The van der Waals surface area contributed by atoms with Gasteiger partial charge in [0.2, 0.25) is 15.9 Å². The average molecular weight is 429 g/mol. The summed E-state index contributed by atoms with van der Waals surface area (Å²) in [7, 11) is -3.72. The van der Waals surface area contributed by atoms with Crippen LogP contribution in [0.5, 0.6) is 0 Å². The molecule has 10 heteroatoms. The van der Waals surface area contributed by atoms with Gasteiger partial charge in [0.1, 0.15) is 0 Å². The molecule has 2 amide bonds. The zero-order valence-electron chi connectivity index (χ0n) is 15.4. The van der Waals surface area contributed by atoms with Crippen LogP contribution < -0.4 is 4.31 Å². The molecule has 0 aliphatic carbocycles. The molecule has 1 spiro atoms. The summed E-state index contributed by atoms with van der Waals surface area (Å²) in [4.78, 5) is 26.8. The molecular formula is C18H21ClN2O6S. The molecule has 8 nitrogen and oxygen atoms in total. The molecule has 0 N–H and O–H groups in total. The van der Waals surface area contributed by atoms with Crippen molar-refractivity contribution in [1.82, 2.24) is 4.90 Å². The first-order chi connectivity index (χ1) is 13.2. The van der Waals surface area contributed by atoms with Gasteiger partial charge in [0.25, 0.3) is 5.91 Å². The molecule has 3 aliphatic rings. The maximum atomic E-state index is 12.9. The number of carbonyl (C=O) groups excluding carboxylic acids is 2. The first kappa shape index (κ1) is 19.6. The van der Waals surface area contributed by atoms with E-state index < -0.39 is 27.6 Å². The van der Waals surface area contributed by atoms with Gasteiger partial charge in [-0.05, 0) is 18.2 Å². The Hall–Kier alpha value is -1.68. The van der Waals surface area contributed by atoms with E-state index in [0.717, 1.165) is 4.31 Å². The van der Waals surface area contributed by atoms with Gasteiger partial charge >= 0.3 is 0 Å². The number of carbonyl (C=O) groups is 2. The summed E-state index contributed by atoms with van der Waals surface area (Å²) >= 11 is 6.29. The van der Waals surface area contributed by atoms with Crippen molar-refractivity contribution in [3.05, 3.63) is 28.8 Å². The van der Waals surface area contributed by atoms with Gasteiger partial charge in [-0.15, -0.1) is 0 Å². The van der Waals surface area contributed by atoms with Gasteiger partial charge in [0.05, 0.1) is 41.2 Å². The predicted molar refractivity (Wildman–Crippen MR) is 102 cm³/mol. The van der Waals surface area contributed by atoms with Gasteiger partial charge in [0.15, 0.2) is 5.79 Å². The minimum absolute atomic E-state index is 0.110. The van der Waals surface area contributed by atoms with Gasteiger partial charge in [-0.3, -0.25) is 9.59 Å². The molecule has 1 aromatic rings. The number of rotatable bonds is 2.